The van der Waals surface area contributed by atoms with Gasteiger partial charge in [-0.05, 0) is 36.4 Å². The lowest BCUT2D eigenvalue weighted by Gasteiger charge is -2.10. The van der Waals surface area contributed by atoms with E-state index >= 15 is 0 Å². The second-order valence-corrected chi connectivity index (χ2v) is 5.19. The van der Waals surface area contributed by atoms with Crippen molar-refractivity contribution in [1.29, 1.82) is 0 Å². The Morgan fingerprint density at radius 3 is 2.56 bits per heavy atom. The van der Waals surface area contributed by atoms with Gasteiger partial charge in [0.25, 0.3) is 5.91 Å². The monoisotopic (exact) mass is 339 g/mol. The number of ether oxygens (including phenoxy) is 1. The lowest BCUT2D eigenvalue weighted by Crippen LogP contribution is -2.22. The summed E-state index contributed by atoms with van der Waals surface area (Å²) >= 11 is 0. The first kappa shape index (κ1) is 18.1. The SMILES string of the molecule is C=CCOc1cccc(NCC(=O)Nc2ccc(C(=O)NC)cc2)c1. The Morgan fingerprint density at radius 2 is 1.88 bits per heavy atom. The number of anilines is 2. The van der Waals surface area contributed by atoms with Crippen molar-refractivity contribution in [2.45, 2.75) is 0 Å². The second-order valence-electron chi connectivity index (χ2n) is 5.19. The Labute approximate surface area is 146 Å². The minimum absolute atomic E-state index is 0.113. The molecule has 0 aromatic heterocycles. The molecule has 0 unspecified atom stereocenters. The Bertz CT molecular complexity index is 742. The van der Waals surface area contributed by atoms with Crippen molar-refractivity contribution in [2.75, 3.05) is 30.8 Å². The van der Waals surface area contributed by atoms with E-state index in [2.05, 4.69) is 22.5 Å². The molecule has 6 nitrogen and oxygen atoms in total. The molecule has 0 radical (unpaired) electrons. The van der Waals surface area contributed by atoms with Crippen molar-refractivity contribution >= 4 is 23.2 Å². The Kier molecular flexibility index (Phi) is 6.59. The highest BCUT2D eigenvalue weighted by molar-refractivity contribution is 5.96. The van der Waals surface area contributed by atoms with Crippen molar-refractivity contribution in [3.63, 3.8) is 0 Å². The molecular weight excluding hydrogens is 318 g/mol. The topological polar surface area (TPSA) is 79.5 Å². The molecule has 0 bridgehead atoms. The fourth-order valence-electron chi connectivity index (χ4n) is 2.09. The molecule has 3 N–H and O–H groups in total. The van der Waals surface area contributed by atoms with Crippen molar-refractivity contribution in [2.24, 2.45) is 0 Å². The summed E-state index contributed by atoms with van der Waals surface area (Å²) in [7, 11) is 1.57. The van der Waals surface area contributed by atoms with Gasteiger partial charge in [0.05, 0.1) is 6.54 Å². The van der Waals surface area contributed by atoms with Gasteiger partial charge >= 0.3 is 0 Å². The van der Waals surface area contributed by atoms with Gasteiger partial charge in [0, 0.05) is 30.1 Å². The van der Waals surface area contributed by atoms with Crippen LogP contribution in [0.2, 0.25) is 0 Å². The van der Waals surface area contributed by atoms with Crippen LogP contribution in [0.3, 0.4) is 0 Å². The number of amides is 2. The third-order valence-corrected chi connectivity index (χ3v) is 3.31. The van der Waals surface area contributed by atoms with Crippen LogP contribution in [-0.4, -0.2) is 32.0 Å². The van der Waals surface area contributed by atoms with E-state index in [1.165, 1.54) is 0 Å². The lowest BCUT2D eigenvalue weighted by molar-refractivity contribution is -0.114. The van der Waals surface area contributed by atoms with Crippen LogP contribution in [0.15, 0.2) is 61.2 Å². The molecule has 0 aliphatic heterocycles. The number of nitrogens with one attached hydrogen (secondary N) is 3. The minimum Gasteiger partial charge on any atom is -0.489 e. The van der Waals surface area contributed by atoms with E-state index in [0.717, 1.165) is 5.69 Å². The zero-order valence-electron chi connectivity index (χ0n) is 14.0. The van der Waals surface area contributed by atoms with Crippen molar-refractivity contribution < 1.29 is 14.3 Å². The highest BCUT2D eigenvalue weighted by atomic mass is 16.5. The van der Waals surface area contributed by atoms with E-state index in [9.17, 15) is 9.59 Å². The summed E-state index contributed by atoms with van der Waals surface area (Å²) in [5.41, 5.74) is 1.95. The lowest BCUT2D eigenvalue weighted by atomic mass is 10.2. The van der Waals surface area contributed by atoms with Gasteiger partial charge in [0.1, 0.15) is 12.4 Å². The maximum atomic E-state index is 12.0. The van der Waals surface area contributed by atoms with Crippen molar-refractivity contribution in [3.8, 4) is 5.75 Å². The van der Waals surface area contributed by atoms with Gasteiger partial charge < -0.3 is 20.7 Å². The summed E-state index contributed by atoms with van der Waals surface area (Å²) in [6.45, 7) is 4.14. The van der Waals surface area contributed by atoms with Gasteiger partial charge in [-0.1, -0.05) is 18.7 Å². The number of carbonyl (C=O) groups excluding carboxylic acids is 2. The molecule has 130 valence electrons. The first-order valence-electron chi connectivity index (χ1n) is 7.82. The molecule has 0 aliphatic carbocycles. The quantitative estimate of drug-likeness (QED) is 0.646. The van der Waals surface area contributed by atoms with Crippen LogP contribution in [-0.2, 0) is 4.79 Å². The smallest absolute Gasteiger partial charge is 0.251 e. The molecule has 2 aromatic carbocycles. The maximum absolute atomic E-state index is 12.0. The van der Waals surface area contributed by atoms with Crippen LogP contribution < -0.4 is 20.7 Å². The summed E-state index contributed by atoms with van der Waals surface area (Å²) in [5.74, 6) is 0.346. The number of benzene rings is 2. The van der Waals surface area contributed by atoms with E-state index < -0.39 is 0 Å². The summed E-state index contributed by atoms with van der Waals surface area (Å²) in [6, 6.07) is 14.0. The summed E-state index contributed by atoms with van der Waals surface area (Å²) in [5, 5.41) is 8.35. The molecule has 2 aromatic rings. The molecule has 0 atom stereocenters. The van der Waals surface area contributed by atoms with E-state index in [-0.39, 0.29) is 18.4 Å². The summed E-state index contributed by atoms with van der Waals surface area (Å²) in [4.78, 5) is 23.5. The Morgan fingerprint density at radius 1 is 1.12 bits per heavy atom. The molecule has 0 saturated carbocycles. The molecule has 2 rings (SSSR count). The summed E-state index contributed by atoms with van der Waals surface area (Å²) < 4.78 is 5.45. The minimum atomic E-state index is -0.190. The highest BCUT2D eigenvalue weighted by Crippen LogP contribution is 2.17. The largest absolute Gasteiger partial charge is 0.489 e. The zero-order chi connectivity index (χ0) is 18.1. The molecule has 2 amide bonds. The average Bonchev–Trinajstić information content (AvgIpc) is 2.65. The van der Waals surface area contributed by atoms with Gasteiger partial charge in [0.15, 0.2) is 0 Å². The Hall–Kier alpha value is -3.28. The van der Waals surface area contributed by atoms with E-state index in [4.69, 9.17) is 4.74 Å². The van der Waals surface area contributed by atoms with E-state index in [1.54, 1.807) is 37.4 Å². The van der Waals surface area contributed by atoms with E-state index in [0.29, 0.717) is 23.6 Å². The molecule has 25 heavy (non-hydrogen) atoms. The van der Waals surface area contributed by atoms with Crippen molar-refractivity contribution in [3.05, 3.63) is 66.7 Å². The molecule has 6 heteroatoms. The van der Waals surface area contributed by atoms with E-state index in [1.807, 2.05) is 24.3 Å². The van der Waals surface area contributed by atoms with Crippen LogP contribution in [0.25, 0.3) is 0 Å². The third kappa shape index (κ3) is 5.69. The van der Waals surface area contributed by atoms with Crippen LogP contribution in [0.1, 0.15) is 10.4 Å². The third-order valence-electron chi connectivity index (χ3n) is 3.31. The average molecular weight is 339 g/mol. The number of hydrogen-bond acceptors (Lipinski definition) is 4. The van der Waals surface area contributed by atoms with Crippen LogP contribution in [0.5, 0.6) is 5.75 Å². The van der Waals surface area contributed by atoms with Gasteiger partial charge in [-0.3, -0.25) is 9.59 Å². The molecule has 0 aliphatic rings. The molecule has 0 heterocycles. The fraction of sp³-hybridized carbons (Fsp3) is 0.158. The number of rotatable bonds is 8. The predicted octanol–water partition coefficient (Wildman–Crippen LogP) is 2.66. The second kappa shape index (κ2) is 9.12. The standard InChI is InChI=1S/C19H21N3O3/c1-3-11-25-17-6-4-5-16(12-17)21-13-18(23)22-15-9-7-14(8-10-15)19(24)20-2/h3-10,12,21H,1,11,13H2,2H3,(H,20,24)(H,22,23). The molecule has 0 fully saturated rings. The molecular formula is C19H21N3O3. The first-order chi connectivity index (χ1) is 12.1. The van der Waals surface area contributed by atoms with Gasteiger partial charge in [-0.25, -0.2) is 0 Å². The van der Waals surface area contributed by atoms with Gasteiger partial charge in [0.2, 0.25) is 5.91 Å². The summed E-state index contributed by atoms with van der Waals surface area (Å²) in [6.07, 6.45) is 1.67. The predicted molar refractivity (Wildman–Crippen MR) is 99.1 cm³/mol. The Balaban J connectivity index is 1.86. The van der Waals surface area contributed by atoms with Crippen LogP contribution >= 0.6 is 0 Å². The fourth-order valence-corrected chi connectivity index (χ4v) is 2.09. The first-order valence-corrected chi connectivity index (χ1v) is 7.82. The normalized spacial score (nSPS) is 9.80. The molecule has 0 spiro atoms. The molecule has 0 saturated heterocycles. The van der Waals surface area contributed by atoms with Gasteiger partial charge in [-0.15, -0.1) is 0 Å². The zero-order valence-corrected chi connectivity index (χ0v) is 14.0. The maximum Gasteiger partial charge on any atom is 0.251 e. The number of hydrogen-bond donors (Lipinski definition) is 3. The van der Waals surface area contributed by atoms with Gasteiger partial charge in [-0.2, -0.15) is 0 Å². The van der Waals surface area contributed by atoms with Crippen LogP contribution in [0.4, 0.5) is 11.4 Å². The number of carbonyl (C=O) groups is 2. The highest BCUT2D eigenvalue weighted by Gasteiger charge is 2.05. The van der Waals surface area contributed by atoms with Crippen LogP contribution in [0, 0.1) is 0 Å². The van der Waals surface area contributed by atoms with Crippen molar-refractivity contribution in [1.82, 2.24) is 5.32 Å².